The number of nitrogens with zero attached hydrogens (tertiary/aromatic N) is 3. The summed E-state index contributed by atoms with van der Waals surface area (Å²) >= 11 is 5.92. The van der Waals surface area contributed by atoms with E-state index in [0.717, 1.165) is 6.07 Å². The van der Waals surface area contributed by atoms with E-state index in [9.17, 15) is 17.6 Å². The topological polar surface area (TPSA) is 72.9 Å². The van der Waals surface area contributed by atoms with Gasteiger partial charge in [0.25, 0.3) is 0 Å². The molecule has 1 N–H and O–H groups in total. The van der Waals surface area contributed by atoms with Crippen molar-refractivity contribution in [3.63, 3.8) is 0 Å². The van der Waals surface area contributed by atoms with Crippen LogP contribution in [0, 0.1) is 5.95 Å². The van der Waals surface area contributed by atoms with Crippen molar-refractivity contribution in [2.45, 2.75) is 12.8 Å². The van der Waals surface area contributed by atoms with Crippen molar-refractivity contribution >= 4 is 11.6 Å². The number of aromatic amines is 1. The Morgan fingerprint density at radius 3 is 2.48 bits per heavy atom. The molecule has 4 rings (SSSR count). The molecule has 0 radical (unpaired) electrons. The van der Waals surface area contributed by atoms with Crippen LogP contribution in [0.5, 0.6) is 11.5 Å². The van der Waals surface area contributed by atoms with E-state index in [4.69, 9.17) is 21.1 Å². The fourth-order valence-corrected chi connectivity index (χ4v) is 3.20. The van der Waals surface area contributed by atoms with Gasteiger partial charge in [-0.2, -0.15) is 17.6 Å². The van der Waals surface area contributed by atoms with Gasteiger partial charge < -0.3 is 14.5 Å². The van der Waals surface area contributed by atoms with E-state index in [-0.39, 0.29) is 17.3 Å². The van der Waals surface area contributed by atoms with Crippen LogP contribution in [0.2, 0.25) is 5.02 Å². The van der Waals surface area contributed by atoms with Crippen molar-refractivity contribution in [1.29, 1.82) is 0 Å². The quantitative estimate of drug-likeness (QED) is 0.274. The molecule has 0 fully saturated rings. The molecule has 0 unspecified atom stereocenters. The summed E-state index contributed by atoms with van der Waals surface area (Å²) < 4.78 is 62.4. The number of methoxy groups -OCH3 is 1. The Morgan fingerprint density at radius 2 is 1.82 bits per heavy atom. The normalized spacial score (nSPS) is 11.5. The highest BCUT2D eigenvalue weighted by Gasteiger charge is 2.31. The monoisotopic (exact) mass is 478 g/mol. The van der Waals surface area contributed by atoms with Gasteiger partial charge in [0.15, 0.2) is 0 Å². The summed E-state index contributed by atoms with van der Waals surface area (Å²) in [6.45, 7) is -0.134. The maximum absolute atomic E-state index is 13.0. The van der Waals surface area contributed by atoms with Crippen molar-refractivity contribution in [2.24, 2.45) is 0 Å². The van der Waals surface area contributed by atoms with Crippen LogP contribution in [0.25, 0.3) is 22.6 Å². The molecule has 0 spiro atoms. The second-order valence-corrected chi connectivity index (χ2v) is 7.22. The molecule has 3 heterocycles. The number of alkyl halides is 3. The number of ether oxygens (including phenoxy) is 2. The molecule has 0 amide bonds. The van der Waals surface area contributed by atoms with Crippen LogP contribution in [0.15, 0.2) is 55.0 Å². The summed E-state index contributed by atoms with van der Waals surface area (Å²) in [5, 5.41) is -0.145. The highest BCUT2D eigenvalue weighted by atomic mass is 35.5. The third-order valence-corrected chi connectivity index (χ3v) is 4.99. The molecular formula is C22H15ClF4N4O2. The molecule has 0 saturated carbocycles. The molecule has 0 aliphatic heterocycles. The van der Waals surface area contributed by atoms with Gasteiger partial charge in [0.1, 0.15) is 23.9 Å². The van der Waals surface area contributed by atoms with Crippen molar-refractivity contribution in [1.82, 2.24) is 19.9 Å². The molecule has 11 heteroatoms. The number of rotatable bonds is 6. The van der Waals surface area contributed by atoms with E-state index in [1.807, 2.05) is 0 Å². The molecule has 0 saturated heterocycles. The van der Waals surface area contributed by atoms with E-state index < -0.39 is 17.7 Å². The Labute approximate surface area is 190 Å². The third-order valence-electron chi connectivity index (χ3n) is 4.66. The molecule has 33 heavy (non-hydrogen) atoms. The molecule has 0 bridgehead atoms. The fourth-order valence-electron chi connectivity index (χ4n) is 2.98. The fraction of sp³-hybridized carbons (Fsp3) is 0.136. The molecular weight excluding hydrogens is 464 g/mol. The van der Waals surface area contributed by atoms with Gasteiger partial charge in [-0.05, 0) is 30.3 Å². The van der Waals surface area contributed by atoms with E-state index >= 15 is 0 Å². The number of H-pyrrole nitrogens is 1. The van der Waals surface area contributed by atoms with E-state index in [1.165, 1.54) is 19.4 Å². The molecule has 170 valence electrons. The highest BCUT2D eigenvalue weighted by molar-refractivity contribution is 6.31. The van der Waals surface area contributed by atoms with E-state index in [2.05, 4.69) is 19.9 Å². The zero-order valence-electron chi connectivity index (χ0n) is 17.0. The minimum Gasteiger partial charge on any atom is -0.496 e. The number of imidazole rings is 1. The number of aromatic nitrogens is 4. The minimum atomic E-state index is -4.53. The average molecular weight is 479 g/mol. The summed E-state index contributed by atoms with van der Waals surface area (Å²) in [4.78, 5) is 14.8. The number of halogens is 5. The van der Waals surface area contributed by atoms with Crippen molar-refractivity contribution in [3.05, 3.63) is 77.2 Å². The first-order valence-electron chi connectivity index (χ1n) is 9.44. The number of pyridine rings is 2. The van der Waals surface area contributed by atoms with Crippen LogP contribution in [0.3, 0.4) is 0 Å². The van der Waals surface area contributed by atoms with Gasteiger partial charge in [-0.15, -0.1) is 0 Å². The zero-order valence-corrected chi connectivity index (χ0v) is 17.7. The molecule has 1 aromatic carbocycles. The third kappa shape index (κ3) is 5.06. The summed E-state index contributed by atoms with van der Waals surface area (Å²) in [6.07, 6.45) is -0.852. The van der Waals surface area contributed by atoms with Crippen LogP contribution in [-0.2, 0) is 12.8 Å². The summed E-state index contributed by atoms with van der Waals surface area (Å²) in [6, 6.07) is 8.62. The second-order valence-electron chi connectivity index (χ2n) is 6.82. The number of benzene rings is 1. The van der Waals surface area contributed by atoms with Gasteiger partial charge in [0, 0.05) is 29.6 Å². The molecule has 0 atom stereocenters. The maximum Gasteiger partial charge on any atom is 0.417 e. The van der Waals surface area contributed by atoms with Crippen LogP contribution in [0.4, 0.5) is 17.6 Å². The lowest BCUT2D eigenvalue weighted by molar-refractivity contribution is -0.137. The SMILES string of the molecule is COc1cc(OCc2ncc(C(F)(F)F)cc2Cl)ccc1-c1cnc(-c2ccc(F)nc2)[nH]1. The Hall–Kier alpha value is -3.66. The van der Waals surface area contributed by atoms with Crippen molar-refractivity contribution in [2.75, 3.05) is 7.11 Å². The van der Waals surface area contributed by atoms with Crippen molar-refractivity contribution in [3.8, 4) is 34.1 Å². The van der Waals surface area contributed by atoms with Gasteiger partial charge in [-0.3, -0.25) is 4.98 Å². The number of hydrogen-bond donors (Lipinski definition) is 1. The lowest BCUT2D eigenvalue weighted by Crippen LogP contribution is -2.07. The lowest BCUT2D eigenvalue weighted by Gasteiger charge is -2.12. The predicted octanol–water partition coefficient (Wildman–Crippen LogP) is 5.93. The molecule has 4 aromatic rings. The first-order valence-corrected chi connectivity index (χ1v) is 9.82. The smallest absolute Gasteiger partial charge is 0.417 e. The minimum absolute atomic E-state index is 0.134. The predicted molar refractivity (Wildman–Crippen MR) is 112 cm³/mol. The largest absolute Gasteiger partial charge is 0.496 e. The van der Waals surface area contributed by atoms with E-state index in [0.29, 0.717) is 40.3 Å². The van der Waals surface area contributed by atoms with Crippen molar-refractivity contribution < 1.29 is 27.0 Å². The molecule has 0 aliphatic rings. The Kier molecular flexibility index (Phi) is 6.19. The van der Waals surface area contributed by atoms with Crippen LogP contribution < -0.4 is 9.47 Å². The van der Waals surface area contributed by atoms with Gasteiger partial charge in [-0.25, -0.2) is 9.97 Å². The molecule has 6 nitrogen and oxygen atoms in total. The Bertz CT molecular complexity index is 1280. The first kappa shape index (κ1) is 22.5. The van der Waals surface area contributed by atoms with Crippen LogP contribution >= 0.6 is 11.6 Å². The first-order chi connectivity index (χ1) is 15.7. The summed E-state index contributed by atoms with van der Waals surface area (Å²) in [5.74, 6) is 0.778. The summed E-state index contributed by atoms with van der Waals surface area (Å²) in [5.41, 5.74) is 1.17. The zero-order chi connectivity index (χ0) is 23.6. The average Bonchev–Trinajstić information content (AvgIpc) is 3.28. The highest BCUT2D eigenvalue weighted by Crippen LogP contribution is 2.34. The number of hydrogen-bond acceptors (Lipinski definition) is 5. The number of nitrogens with one attached hydrogen (secondary N) is 1. The Morgan fingerprint density at radius 1 is 1.00 bits per heavy atom. The van der Waals surface area contributed by atoms with Gasteiger partial charge >= 0.3 is 6.18 Å². The summed E-state index contributed by atoms with van der Waals surface area (Å²) in [7, 11) is 1.48. The van der Waals surface area contributed by atoms with Crippen LogP contribution in [-0.4, -0.2) is 27.0 Å². The maximum atomic E-state index is 13.0. The van der Waals surface area contributed by atoms with Crippen LogP contribution in [0.1, 0.15) is 11.3 Å². The van der Waals surface area contributed by atoms with Gasteiger partial charge in [-0.1, -0.05) is 11.6 Å². The van der Waals surface area contributed by atoms with Gasteiger partial charge in [0.2, 0.25) is 5.95 Å². The standard InChI is InChI=1S/C22H15ClF4N4O2/c1-32-19-7-14(33-11-18-16(23)6-13(9-28-18)22(25,26)27)3-4-15(19)17-10-30-21(31-17)12-2-5-20(24)29-8-12/h2-10H,11H2,1H3,(H,30,31). The van der Waals surface area contributed by atoms with Gasteiger partial charge in [0.05, 0.1) is 35.3 Å². The Balaban J connectivity index is 1.51. The van der Waals surface area contributed by atoms with E-state index in [1.54, 1.807) is 30.5 Å². The lowest BCUT2D eigenvalue weighted by atomic mass is 10.1. The molecule has 0 aliphatic carbocycles. The second kappa shape index (κ2) is 9.07. The molecule has 3 aromatic heterocycles.